The van der Waals surface area contributed by atoms with Crippen molar-refractivity contribution in [3.05, 3.63) is 66.2 Å². The quantitative estimate of drug-likeness (QED) is 0.263. The molecule has 0 saturated carbocycles. The fourth-order valence-corrected chi connectivity index (χ4v) is 4.77. The van der Waals surface area contributed by atoms with Gasteiger partial charge in [0.05, 0.1) is 5.75 Å². The van der Waals surface area contributed by atoms with E-state index in [-0.39, 0.29) is 11.7 Å². The predicted octanol–water partition coefficient (Wildman–Crippen LogP) is 5.83. The first-order chi connectivity index (χ1) is 16.6. The van der Waals surface area contributed by atoms with Crippen LogP contribution in [0.2, 0.25) is 0 Å². The number of amides is 1. The molecule has 1 heterocycles. The van der Waals surface area contributed by atoms with Crippen molar-refractivity contribution in [3.63, 3.8) is 0 Å². The molecule has 0 spiro atoms. The van der Waals surface area contributed by atoms with E-state index in [9.17, 15) is 4.79 Å². The van der Waals surface area contributed by atoms with Gasteiger partial charge in [-0.1, -0.05) is 49.9 Å². The minimum Gasteiger partial charge on any atom is -0.372 e. The van der Waals surface area contributed by atoms with E-state index in [0.717, 1.165) is 54.1 Å². The summed E-state index contributed by atoms with van der Waals surface area (Å²) in [5.74, 6) is 0.995. The maximum Gasteiger partial charge on any atom is 0.234 e. The van der Waals surface area contributed by atoms with Crippen molar-refractivity contribution >= 4 is 29.0 Å². The SMILES string of the molecule is C=CCn1c(SCC(=O)Nc2c(CC)cccc2CC)nnc1-c1ccc(N(CC)CC)cc1. The monoisotopic (exact) mass is 477 g/mol. The Morgan fingerprint density at radius 3 is 2.24 bits per heavy atom. The molecule has 2 aromatic carbocycles. The fourth-order valence-electron chi connectivity index (χ4n) is 4.02. The summed E-state index contributed by atoms with van der Waals surface area (Å²) in [7, 11) is 0. The number of carbonyl (C=O) groups is 1. The van der Waals surface area contributed by atoms with E-state index in [1.165, 1.54) is 17.4 Å². The zero-order valence-corrected chi connectivity index (χ0v) is 21.5. The average Bonchev–Trinajstić information content (AvgIpc) is 3.26. The maximum absolute atomic E-state index is 12.8. The van der Waals surface area contributed by atoms with Gasteiger partial charge < -0.3 is 10.2 Å². The van der Waals surface area contributed by atoms with Crippen LogP contribution >= 0.6 is 11.8 Å². The third kappa shape index (κ3) is 5.89. The van der Waals surface area contributed by atoms with E-state index in [0.29, 0.717) is 11.7 Å². The molecule has 1 N–H and O–H groups in total. The highest BCUT2D eigenvalue weighted by atomic mass is 32.2. The van der Waals surface area contributed by atoms with E-state index in [1.54, 1.807) is 0 Å². The molecule has 0 bridgehead atoms. The van der Waals surface area contributed by atoms with Crippen LogP contribution < -0.4 is 10.2 Å². The lowest BCUT2D eigenvalue weighted by Gasteiger charge is -2.21. The van der Waals surface area contributed by atoms with Gasteiger partial charge in [-0.2, -0.15) is 0 Å². The van der Waals surface area contributed by atoms with Crippen LogP contribution in [-0.2, 0) is 24.2 Å². The first-order valence-electron chi connectivity index (χ1n) is 12.0. The second-order valence-electron chi connectivity index (χ2n) is 7.92. The van der Waals surface area contributed by atoms with Gasteiger partial charge in [0.15, 0.2) is 11.0 Å². The molecule has 7 heteroatoms. The highest BCUT2D eigenvalue weighted by molar-refractivity contribution is 7.99. The number of anilines is 2. The minimum absolute atomic E-state index is 0.0427. The number of aromatic nitrogens is 3. The van der Waals surface area contributed by atoms with Crippen LogP contribution in [-0.4, -0.2) is 39.5 Å². The van der Waals surface area contributed by atoms with Crippen LogP contribution in [0, 0.1) is 0 Å². The largest absolute Gasteiger partial charge is 0.372 e. The number of thioether (sulfide) groups is 1. The summed E-state index contributed by atoms with van der Waals surface area (Å²) in [4.78, 5) is 15.1. The number of para-hydroxylation sites is 1. The van der Waals surface area contributed by atoms with E-state index < -0.39 is 0 Å². The summed E-state index contributed by atoms with van der Waals surface area (Å²) >= 11 is 1.39. The molecule has 0 aliphatic carbocycles. The molecular formula is C27H35N5OS. The van der Waals surface area contributed by atoms with Gasteiger partial charge in [0.1, 0.15) is 0 Å². The van der Waals surface area contributed by atoms with Gasteiger partial charge in [0.25, 0.3) is 0 Å². The Balaban J connectivity index is 1.75. The normalized spacial score (nSPS) is 10.8. The van der Waals surface area contributed by atoms with Gasteiger partial charge in [-0.05, 0) is 62.1 Å². The molecule has 0 fully saturated rings. The molecule has 0 aliphatic rings. The first-order valence-corrected chi connectivity index (χ1v) is 13.0. The summed E-state index contributed by atoms with van der Waals surface area (Å²) in [5.41, 5.74) is 5.44. The van der Waals surface area contributed by atoms with Crippen molar-refractivity contribution < 1.29 is 4.79 Å². The molecule has 0 radical (unpaired) electrons. The standard InChI is InChI=1S/C27H35N5OS/c1-6-18-32-26(22-14-16-23(17-15-22)31(9-4)10-5)29-30-27(32)34-19-24(33)28-25-20(7-2)12-11-13-21(25)8-3/h6,11-17H,1,7-10,18-19H2,2-5H3,(H,28,33). The lowest BCUT2D eigenvalue weighted by Crippen LogP contribution is -2.21. The van der Waals surface area contributed by atoms with Gasteiger partial charge in [-0.15, -0.1) is 16.8 Å². The number of hydrogen-bond donors (Lipinski definition) is 1. The highest BCUT2D eigenvalue weighted by Crippen LogP contribution is 2.27. The van der Waals surface area contributed by atoms with E-state index in [2.05, 4.69) is 97.2 Å². The molecule has 3 aromatic rings. The van der Waals surface area contributed by atoms with Gasteiger partial charge in [0.2, 0.25) is 5.91 Å². The van der Waals surface area contributed by atoms with Crippen LogP contribution in [0.15, 0.2) is 60.3 Å². The first kappa shape index (κ1) is 25.6. The number of aryl methyl sites for hydroxylation is 2. The molecule has 0 unspecified atom stereocenters. The second-order valence-corrected chi connectivity index (χ2v) is 8.86. The molecular weight excluding hydrogens is 442 g/mol. The van der Waals surface area contributed by atoms with E-state index >= 15 is 0 Å². The Morgan fingerprint density at radius 2 is 1.68 bits per heavy atom. The Kier molecular flexibility index (Phi) is 9.33. The number of nitrogens with zero attached hydrogens (tertiary/aromatic N) is 4. The molecule has 1 amide bonds. The number of benzene rings is 2. The van der Waals surface area contributed by atoms with Crippen LogP contribution in [0.25, 0.3) is 11.4 Å². The van der Waals surface area contributed by atoms with Crippen molar-refractivity contribution in [1.29, 1.82) is 0 Å². The molecule has 0 atom stereocenters. The average molecular weight is 478 g/mol. The van der Waals surface area contributed by atoms with Gasteiger partial charge in [-0.25, -0.2) is 0 Å². The number of hydrogen-bond acceptors (Lipinski definition) is 5. The van der Waals surface area contributed by atoms with E-state index in [4.69, 9.17) is 0 Å². The summed E-state index contributed by atoms with van der Waals surface area (Å²) in [6.07, 6.45) is 3.58. The Morgan fingerprint density at radius 1 is 1.03 bits per heavy atom. The Bertz CT molecular complexity index is 1080. The smallest absolute Gasteiger partial charge is 0.234 e. The number of allylic oxidation sites excluding steroid dienone is 1. The van der Waals surface area contributed by atoms with Crippen molar-refractivity contribution in [3.8, 4) is 11.4 Å². The lowest BCUT2D eigenvalue weighted by atomic mass is 10.0. The number of nitrogens with one attached hydrogen (secondary N) is 1. The van der Waals surface area contributed by atoms with E-state index in [1.807, 2.05) is 10.6 Å². The third-order valence-corrected chi connectivity index (χ3v) is 6.85. The van der Waals surface area contributed by atoms with Crippen LogP contribution in [0.3, 0.4) is 0 Å². The molecule has 1 aromatic heterocycles. The number of carbonyl (C=O) groups excluding carboxylic acids is 1. The molecule has 34 heavy (non-hydrogen) atoms. The maximum atomic E-state index is 12.8. The van der Waals surface area contributed by atoms with Gasteiger partial charge >= 0.3 is 0 Å². The highest BCUT2D eigenvalue weighted by Gasteiger charge is 2.16. The molecule has 6 nitrogen and oxygen atoms in total. The molecule has 0 aliphatic heterocycles. The van der Waals surface area contributed by atoms with Gasteiger partial charge in [-0.3, -0.25) is 9.36 Å². The Hall–Kier alpha value is -3.06. The third-order valence-electron chi connectivity index (χ3n) is 5.88. The van der Waals surface area contributed by atoms with Crippen molar-refractivity contribution in [2.45, 2.75) is 52.2 Å². The second kappa shape index (κ2) is 12.4. The molecule has 3 rings (SSSR count). The van der Waals surface area contributed by atoms with Crippen LogP contribution in [0.1, 0.15) is 38.8 Å². The van der Waals surface area contributed by atoms with Gasteiger partial charge in [0, 0.05) is 36.6 Å². The molecule has 180 valence electrons. The summed E-state index contributed by atoms with van der Waals surface area (Å²) in [6.45, 7) is 14.9. The minimum atomic E-state index is -0.0427. The summed E-state index contributed by atoms with van der Waals surface area (Å²) < 4.78 is 2.01. The van der Waals surface area contributed by atoms with Crippen molar-refractivity contribution in [2.24, 2.45) is 0 Å². The predicted molar refractivity (Wildman–Crippen MR) is 144 cm³/mol. The number of rotatable bonds is 12. The summed E-state index contributed by atoms with van der Waals surface area (Å²) in [5, 5.41) is 12.7. The zero-order valence-electron chi connectivity index (χ0n) is 20.7. The zero-order chi connectivity index (χ0) is 24.5. The Labute approximate surface area is 207 Å². The summed E-state index contributed by atoms with van der Waals surface area (Å²) in [6, 6.07) is 14.6. The van der Waals surface area contributed by atoms with Crippen LogP contribution in [0.4, 0.5) is 11.4 Å². The van der Waals surface area contributed by atoms with Crippen LogP contribution in [0.5, 0.6) is 0 Å². The fraction of sp³-hybridized carbons (Fsp3) is 0.370. The van der Waals surface area contributed by atoms with Crippen molar-refractivity contribution in [1.82, 2.24) is 14.8 Å². The lowest BCUT2D eigenvalue weighted by molar-refractivity contribution is -0.113. The van der Waals surface area contributed by atoms with Crippen molar-refractivity contribution in [2.75, 3.05) is 29.1 Å². The topological polar surface area (TPSA) is 63.1 Å². The molecule has 0 saturated heterocycles.